The number of carbonyl (C=O) groups excluding carboxylic acids is 2. The number of likely N-dealkylation sites (N-methyl/N-ethyl adjacent to an activating group) is 1. The molecule has 2 aliphatic rings. The van der Waals surface area contributed by atoms with Crippen LogP contribution in [0.25, 0.3) is 11.1 Å². The van der Waals surface area contributed by atoms with Crippen molar-refractivity contribution < 1.29 is 28.9 Å². The molecule has 1 aromatic heterocycles. The number of rotatable bonds is 6. The van der Waals surface area contributed by atoms with E-state index >= 15 is 0 Å². The van der Waals surface area contributed by atoms with Crippen LogP contribution >= 0.6 is 0 Å². The van der Waals surface area contributed by atoms with Crippen LogP contribution in [0.15, 0.2) is 60.8 Å². The van der Waals surface area contributed by atoms with E-state index in [4.69, 9.17) is 14.2 Å². The highest BCUT2D eigenvalue weighted by Gasteiger charge is 2.35. The SMILES string of the molecule is C[C@@H]1CN([C@H](C)CO)C(=O)c2cc(-c3ccccc3)cnc2O[C@@H]1CN(C)C(=O)Nc1ccc2c(c1)OCO2. The van der Waals surface area contributed by atoms with Gasteiger partial charge in [-0.15, -0.1) is 0 Å². The highest BCUT2D eigenvalue weighted by Crippen LogP contribution is 2.34. The molecule has 0 fully saturated rings. The summed E-state index contributed by atoms with van der Waals surface area (Å²) in [6, 6.07) is 15.9. The number of urea groups is 1. The molecule has 2 aromatic carbocycles. The minimum absolute atomic E-state index is 0.153. The molecule has 5 rings (SSSR count). The molecule has 3 amide bonds. The van der Waals surface area contributed by atoms with Crippen molar-refractivity contribution in [3.63, 3.8) is 0 Å². The molecule has 0 aliphatic carbocycles. The quantitative estimate of drug-likeness (QED) is 0.496. The minimum Gasteiger partial charge on any atom is -0.472 e. The molecule has 10 heteroatoms. The van der Waals surface area contributed by atoms with E-state index in [-0.39, 0.29) is 43.7 Å². The number of nitrogens with zero attached hydrogens (tertiary/aromatic N) is 3. The molecule has 39 heavy (non-hydrogen) atoms. The van der Waals surface area contributed by atoms with E-state index in [1.54, 1.807) is 49.3 Å². The smallest absolute Gasteiger partial charge is 0.321 e. The predicted octanol–water partition coefficient (Wildman–Crippen LogP) is 3.86. The molecule has 2 N–H and O–H groups in total. The van der Waals surface area contributed by atoms with E-state index in [1.165, 1.54) is 4.90 Å². The second kappa shape index (κ2) is 11.2. The van der Waals surface area contributed by atoms with Crippen molar-refractivity contribution in [2.45, 2.75) is 26.0 Å². The molecule has 0 unspecified atom stereocenters. The van der Waals surface area contributed by atoms with Gasteiger partial charge in [-0.25, -0.2) is 9.78 Å². The molecule has 0 radical (unpaired) electrons. The van der Waals surface area contributed by atoms with Gasteiger partial charge in [0.1, 0.15) is 11.7 Å². The zero-order chi connectivity index (χ0) is 27.5. The maximum atomic E-state index is 13.6. The number of pyridine rings is 1. The molecule has 3 atom stereocenters. The Balaban J connectivity index is 1.38. The maximum absolute atomic E-state index is 13.6. The number of hydrogen-bond donors (Lipinski definition) is 2. The second-order valence-corrected chi connectivity index (χ2v) is 9.94. The number of anilines is 1. The summed E-state index contributed by atoms with van der Waals surface area (Å²) in [6.45, 7) is 4.33. The summed E-state index contributed by atoms with van der Waals surface area (Å²) in [4.78, 5) is 34.4. The Hall–Kier alpha value is -4.31. The highest BCUT2D eigenvalue weighted by molar-refractivity contribution is 5.98. The van der Waals surface area contributed by atoms with Crippen molar-refractivity contribution in [1.82, 2.24) is 14.8 Å². The summed E-state index contributed by atoms with van der Waals surface area (Å²) in [6.07, 6.45) is 1.22. The van der Waals surface area contributed by atoms with E-state index < -0.39 is 12.1 Å². The molecule has 10 nitrogen and oxygen atoms in total. The molecule has 204 valence electrons. The van der Waals surface area contributed by atoms with Crippen molar-refractivity contribution in [2.75, 3.05) is 38.9 Å². The molecule has 0 saturated heterocycles. The zero-order valence-electron chi connectivity index (χ0n) is 22.2. The minimum atomic E-state index is -0.465. The molecule has 3 aromatic rings. The molecule has 0 bridgehead atoms. The Morgan fingerprint density at radius 3 is 2.69 bits per heavy atom. The number of hydrogen-bond acceptors (Lipinski definition) is 7. The third kappa shape index (κ3) is 5.61. The van der Waals surface area contributed by atoms with Gasteiger partial charge in [-0.2, -0.15) is 0 Å². The van der Waals surface area contributed by atoms with Gasteiger partial charge in [0.2, 0.25) is 12.7 Å². The largest absolute Gasteiger partial charge is 0.472 e. The summed E-state index contributed by atoms with van der Waals surface area (Å²) < 4.78 is 17.1. The van der Waals surface area contributed by atoms with E-state index in [9.17, 15) is 14.7 Å². The third-order valence-electron chi connectivity index (χ3n) is 7.05. The molecular formula is C29H32N4O6. The lowest BCUT2D eigenvalue weighted by Crippen LogP contribution is -2.50. The number of benzene rings is 2. The van der Waals surface area contributed by atoms with Crippen molar-refractivity contribution in [1.29, 1.82) is 0 Å². The number of ether oxygens (including phenoxy) is 3. The first-order valence-corrected chi connectivity index (χ1v) is 12.9. The van der Waals surface area contributed by atoms with Crippen LogP contribution in [0.5, 0.6) is 17.4 Å². The number of nitrogens with one attached hydrogen (secondary N) is 1. The summed E-state index contributed by atoms with van der Waals surface area (Å²) in [5, 5.41) is 12.8. The van der Waals surface area contributed by atoms with Gasteiger partial charge in [-0.05, 0) is 30.7 Å². The summed E-state index contributed by atoms with van der Waals surface area (Å²) in [5.74, 6) is 1.00. The van der Waals surface area contributed by atoms with Crippen molar-refractivity contribution in [3.8, 4) is 28.5 Å². The Bertz CT molecular complexity index is 1350. The van der Waals surface area contributed by atoms with Crippen LogP contribution in [0.3, 0.4) is 0 Å². The first-order valence-electron chi connectivity index (χ1n) is 12.9. The number of carbonyl (C=O) groups is 2. The highest BCUT2D eigenvalue weighted by atomic mass is 16.7. The Morgan fingerprint density at radius 1 is 1.15 bits per heavy atom. The lowest BCUT2D eigenvalue weighted by Gasteiger charge is -2.37. The lowest BCUT2D eigenvalue weighted by molar-refractivity contribution is 0.0356. The van der Waals surface area contributed by atoms with Gasteiger partial charge in [0, 0.05) is 43.0 Å². The third-order valence-corrected chi connectivity index (χ3v) is 7.05. The standard InChI is InChI=1S/C29H32N4O6/c1-18-14-33(19(2)16-34)28(35)23-11-21(20-7-5-4-6-8-20)13-30-27(23)39-26(18)15-32(3)29(36)31-22-9-10-24-25(12-22)38-17-37-24/h4-13,18-19,26,34H,14-17H2,1-3H3,(H,31,36)/t18-,19-,26-/m1/s1. The number of amides is 3. The fourth-order valence-corrected chi connectivity index (χ4v) is 4.65. The van der Waals surface area contributed by atoms with Crippen molar-refractivity contribution in [3.05, 3.63) is 66.4 Å². The van der Waals surface area contributed by atoms with Gasteiger partial charge < -0.3 is 34.4 Å². The number of aliphatic hydroxyl groups is 1. The zero-order valence-corrected chi connectivity index (χ0v) is 22.2. The fourth-order valence-electron chi connectivity index (χ4n) is 4.65. The molecular weight excluding hydrogens is 500 g/mol. The molecule has 3 heterocycles. The van der Waals surface area contributed by atoms with Gasteiger partial charge in [0.25, 0.3) is 5.91 Å². The predicted molar refractivity (Wildman–Crippen MR) is 145 cm³/mol. The van der Waals surface area contributed by atoms with Crippen molar-refractivity contribution >= 4 is 17.6 Å². The van der Waals surface area contributed by atoms with Gasteiger partial charge in [0.15, 0.2) is 11.5 Å². The lowest BCUT2D eigenvalue weighted by atomic mass is 9.99. The summed E-state index contributed by atoms with van der Waals surface area (Å²) >= 11 is 0. The second-order valence-electron chi connectivity index (χ2n) is 9.94. The topological polar surface area (TPSA) is 113 Å². The van der Waals surface area contributed by atoms with E-state index in [0.29, 0.717) is 29.3 Å². The normalized spacial score (nSPS) is 18.9. The summed E-state index contributed by atoms with van der Waals surface area (Å²) in [7, 11) is 1.68. The van der Waals surface area contributed by atoms with E-state index in [1.807, 2.05) is 37.3 Å². The van der Waals surface area contributed by atoms with E-state index in [2.05, 4.69) is 10.3 Å². The monoisotopic (exact) mass is 532 g/mol. The Morgan fingerprint density at radius 2 is 1.92 bits per heavy atom. The first kappa shape index (κ1) is 26.3. The average molecular weight is 533 g/mol. The molecule has 0 saturated carbocycles. The van der Waals surface area contributed by atoms with Crippen LogP contribution in [0.2, 0.25) is 0 Å². The average Bonchev–Trinajstić information content (AvgIpc) is 3.42. The maximum Gasteiger partial charge on any atom is 0.321 e. The number of fused-ring (bicyclic) bond motifs is 2. The van der Waals surface area contributed by atoms with Crippen LogP contribution in [0.4, 0.5) is 10.5 Å². The summed E-state index contributed by atoms with van der Waals surface area (Å²) in [5.41, 5.74) is 2.61. The number of aromatic nitrogens is 1. The number of aliphatic hydroxyl groups excluding tert-OH is 1. The Kier molecular flexibility index (Phi) is 7.56. The van der Waals surface area contributed by atoms with Gasteiger partial charge in [-0.3, -0.25) is 4.79 Å². The van der Waals surface area contributed by atoms with E-state index in [0.717, 1.165) is 11.1 Å². The molecule has 2 aliphatic heterocycles. The van der Waals surface area contributed by atoms with Gasteiger partial charge in [0.05, 0.1) is 19.2 Å². The first-order chi connectivity index (χ1) is 18.8. The van der Waals surface area contributed by atoms with Gasteiger partial charge >= 0.3 is 6.03 Å². The van der Waals surface area contributed by atoms with Crippen LogP contribution in [-0.4, -0.2) is 77.5 Å². The fraction of sp³-hybridized carbons (Fsp3) is 0.345. The molecule has 0 spiro atoms. The van der Waals surface area contributed by atoms with Crippen LogP contribution in [0, 0.1) is 5.92 Å². The van der Waals surface area contributed by atoms with Crippen LogP contribution in [-0.2, 0) is 0 Å². The van der Waals surface area contributed by atoms with Gasteiger partial charge in [-0.1, -0.05) is 37.3 Å². The van der Waals surface area contributed by atoms with Crippen LogP contribution < -0.4 is 19.5 Å². The van der Waals surface area contributed by atoms with Crippen LogP contribution in [0.1, 0.15) is 24.2 Å². The Labute approximate surface area is 227 Å². The van der Waals surface area contributed by atoms with Crippen molar-refractivity contribution in [2.24, 2.45) is 5.92 Å².